The minimum Gasteiger partial charge on any atom is -0.203 e. The molecule has 3 nitrogen and oxygen atoms in total. The molecule has 0 amide bonds. The van der Waals surface area contributed by atoms with Crippen molar-refractivity contribution in [3.63, 3.8) is 0 Å². The largest absolute Gasteiger partial charge is 0.422 e. The smallest absolute Gasteiger partial charge is 0.203 e. The zero-order chi connectivity index (χ0) is 16.8. The predicted molar refractivity (Wildman–Crippen MR) is 56.2 cm³/mol. The summed E-state index contributed by atoms with van der Waals surface area (Å²) < 4.78 is 92.6. The molecule has 1 fully saturated rings. The lowest BCUT2D eigenvalue weighted by Crippen LogP contribution is -2.37. The minimum atomic E-state index is -5.59. The summed E-state index contributed by atoms with van der Waals surface area (Å²) >= 11 is 0. The minimum absolute atomic E-state index is 1.12. The fraction of sp³-hybridized carbons (Fsp3) is 0.500. The normalized spacial score (nSPS) is 26.3. The van der Waals surface area contributed by atoms with Crippen molar-refractivity contribution < 1.29 is 45.5 Å². The van der Waals surface area contributed by atoms with Crippen molar-refractivity contribution in [3.05, 3.63) is 34.4 Å². The molecule has 0 saturated carbocycles. The summed E-state index contributed by atoms with van der Waals surface area (Å²) in [6, 6.07) is 0. The highest BCUT2D eigenvalue weighted by molar-refractivity contribution is 5.35. The third-order valence-corrected chi connectivity index (χ3v) is 3.31. The van der Waals surface area contributed by atoms with Gasteiger partial charge in [0, 0.05) is 11.5 Å². The summed E-state index contributed by atoms with van der Waals surface area (Å²) in [5.41, 5.74) is -3.85. The van der Waals surface area contributed by atoms with Crippen LogP contribution in [0.1, 0.15) is 30.9 Å². The van der Waals surface area contributed by atoms with E-state index in [1.165, 1.54) is 13.8 Å². The van der Waals surface area contributed by atoms with E-state index in [0.717, 1.165) is 0 Å². The summed E-state index contributed by atoms with van der Waals surface area (Å²) in [7, 11) is 0. The fourth-order valence-corrected chi connectivity index (χ4v) is 2.31. The Balaban J connectivity index is 2.69. The topological polar surface area (TPSA) is 27.7 Å². The lowest BCUT2D eigenvalue weighted by atomic mass is 9.87. The van der Waals surface area contributed by atoms with E-state index in [1.807, 2.05) is 0 Å². The zero-order valence-electron chi connectivity index (χ0n) is 11.1. The van der Waals surface area contributed by atoms with Gasteiger partial charge in [-0.05, 0) is 13.8 Å². The maximum absolute atomic E-state index is 13.9. The molecule has 0 spiro atoms. The van der Waals surface area contributed by atoms with E-state index in [0.29, 0.717) is 0 Å². The Kier molecular flexibility index (Phi) is 4.37. The second-order valence-corrected chi connectivity index (χ2v) is 4.74. The molecule has 10 heteroatoms. The van der Waals surface area contributed by atoms with Crippen molar-refractivity contribution in [2.75, 3.05) is 0 Å². The second-order valence-electron chi connectivity index (χ2n) is 4.74. The maximum atomic E-state index is 13.9. The van der Waals surface area contributed by atoms with Crippen molar-refractivity contribution >= 4 is 0 Å². The molecule has 1 aromatic carbocycles. The molecular formula is C12H9F7O3. The van der Waals surface area contributed by atoms with Crippen LogP contribution in [0.25, 0.3) is 0 Å². The molecule has 124 valence electrons. The second kappa shape index (κ2) is 5.67. The van der Waals surface area contributed by atoms with Crippen molar-refractivity contribution in [2.45, 2.75) is 38.1 Å². The molecule has 2 rings (SSSR count). The van der Waals surface area contributed by atoms with Crippen LogP contribution < -0.4 is 0 Å². The maximum Gasteiger partial charge on any atom is 0.422 e. The molecule has 1 aliphatic rings. The first-order chi connectivity index (χ1) is 10.1. The SMILES string of the molecule is CC1OOOC(C)C1c1c(F)c(F)c(C(F)(F)F)c(F)c1F. The Hall–Kier alpha value is -1.39. The van der Waals surface area contributed by atoms with Crippen LogP contribution in [-0.4, -0.2) is 12.2 Å². The van der Waals surface area contributed by atoms with Gasteiger partial charge in [-0.1, -0.05) is 5.04 Å². The van der Waals surface area contributed by atoms with Gasteiger partial charge in [-0.15, -0.1) is 0 Å². The summed E-state index contributed by atoms with van der Waals surface area (Å²) in [5, 5.41) is 4.15. The summed E-state index contributed by atoms with van der Waals surface area (Å²) in [6.07, 6.45) is -7.83. The van der Waals surface area contributed by atoms with Crippen molar-refractivity contribution in [1.29, 1.82) is 0 Å². The van der Waals surface area contributed by atoms with Crippen molar-refractivity contribution in [1.82, 2.24) is 0 Å². The molecule has 1 aromatic rings. The van der Waals surface area contributed by atoms with Gasteiger partial charge in [0.15, 0.2) is 23.3 Å². The first-order valence-electron chi connectivity index (χ1n) is 5.99. The molecule has 2 atom stereocenters. The van der Waals surface area contributed by atoms with E-state index in [1.54, 1.807) is 0 Å². The monoisotopic (exact) mass is 334 g/mol. The third-order valence-electron chi connectivity index (χ3n) is 3.31. The lowest BCUT2D eigenvalue weighted by Gasteiger charge is -2.32. The Morgan fingerprint density at radius 2 is 1.18 bits per heavy atom. The standard InChI is InChI=1S/C12H9F7O3/c1-3-5(4(2)21-22-20-3)6-8(13)10(15)7(12(17,18)19)11(16)9(6)14/h3-5H,1-2H3. The summed E-state index contributed by atoms with van der Waals surface area (Å²) in [5.74, 6) is -10.8. The molecule has 0 bridgehead atoms. The Labute approximate surface area is 119 Å². The molecule has 0 N–H and O–H groups in total. The Bertz CT molecular complexity index is 548. The Morgan fingerprint density at radius 1 is 0.773 bits per heavy atom. The van der Waals surface area contributed by atoms with Gasteiger partial charge < -0.3 is 0 Å². The lowest BCUT2D eigenvalue weighted by molar-refractivity contribution is -0.565. The average molecular weight is 334 g/mol. The molecule has 0 aliphatic carbocycles. The molecule has 1 aliphatic heterocycles. The zero-order valence-corrected chi connectivity index (χ0v) is 11.1. The van der Waals surface area contributed by atoms with Gasteiger partial charge in [-0.2, -0.15) is 13.2 Å². The van der Waals surface area contributed by atoms with Crippen molar-refractivity contribution in [2.24, 2.45) is 0 Å². The van der Waals surface area contributed by atoms with Gasteiger partial charge in [0.25, 0.3) is 0 Å². The van der Waals surface area contributed by atoms with Crippen LogP contribution in [0.3, 0.4) is 0 Å². The van der Waals surface area contributed by atoms with E-state index >= 15 is 0 Å². The van der Waals surface area contributed by atoms with Gasteiger partial charge in [0.2, 0.25) is 0 Å². The first-order valence-corrected chi connectivity index (χ1v) is 5.99. The van der Waals surface area contributed by atoms with E-state index in [-0.39, 0.29) is 0 Å². The van der Waals surface area contributed by atoms with Crippen LogP contribution in [-0.2, 0) is 21.0 Å². The van der Waals surface area contributed by atoms with Gasteiger partial charge in [-0.3, -0.25) is 0 Å². The average Bonchev–Trinajstić information content (AvgIpc) is 2.38. The molecule has 1 heterocycles. The van der Waals surface area contributed by atoms with Crippen LogP contribution in [0, 0.1) is 23.3 Å². The van der Waals surface area contributed by atoms with Crippen LogP contribution in [0.4, 0.5) is 30.7 Å². The van der Waals surface area contributed by atoms with E-state index in [2.05, 4.69) is 14.8 Å². The molecular weight excluding hydrogens is 325 g/mol. The predicted octanol–water partition coefficient (Wildman–Crippen LogP) is 4.02. The van der Waals surface area contributed by atoms with E-state index in [4.69, 9.17) is 0 Å². The third kappa shape index (κ3) is 2.66. The number of benzene rings is 1. The van der Waals surface area contributed by atoms with Crippen molar-refractivity contribution in [3.8, 4) is 0 Å². The van der Waals surface area contributed by atoms with Crippen LogP contribution in [0.15, 0.2) is 0 Å². The van der Waals surface area contributed by atoms with Gasteiger partial charge in [0.1, 0.15) is 17.8 Å². The van der Waals surface area contributed by atoms with Crippen LogP contribution in [0.5, 0.6) is 0 Å². The molecule has 1 saturated heterocycles. The highest BCUT2D eigenvalue weighted by Crippen LogP contribution is 2.41. The first kappa shape index (κ1) is 17.0. The van der Waals surface area contributed by atoms with Crippen LogP contribution >= 0.6 is 0 Å². The van der Waals surface area contributed by atoms with Crippen LogP contribution in [0.2, 0.25) is 0 Å². The highest BCUT2D eigenvalue weighted by Gasteiger charge is 2.45. The van der Waals surface area contributed by atoms with E-state index in [9.17, 15) is 30.7 Å². The van der Waals surface area contributed by atoms with Gasteiger partial charge >= 0.3 is 6.18 Å². The number of hydrogen-bond donors (Lipinski definition) is 0. The number of rotatable bonds is 1. The van der Waals surface area contributed by atoms with Gasteiger partial charge in [0.05, 0.1) is 0 Å². The molecule has 0 aromatic heterocycles. The van der Waals surface area contributed by atoms with Gasteiger partial charge in [-0.25, -0.2) is 27.3 Å². The Morgan fingerprint density at radius 3 is 1.55 bits per heavy atom. The fourth-order valence-electron chi connectivity index (χ4n) is 2.31. The molecule has 22 heavy (non-hydrogen) atoms. The molecule has 0 radical (unpaired) electrons. The summed E-state index contributed by atoms with van der Waals surface area (Å²) in [4.78, 5) is 8.96. The highest BCUT2D eigenvalue weighted by atomic mass is 19.4. The number of halogens is 7. The molecule has 2 unspecified atom stereocenters. The summed E-state index contributed by atoms with van der Waals surface area (Å²) in [6.45, 7) is 2.49. The number of hydrogen-bond acceptors (Lipinski definition) is 3. The van der Waals surface area contributed by atoms with E-state index < -0.39 is 58.7 Å². The number of alkyl halides is 3. The quantitative estimate of drug-likeness (QED) is 0.441.